The molecular weight excluding hydrogens is 180 g/mol. The van der Waals surface area contributed by atoms with Crippen LogP contribution in [0.5, 0.6) is 0 Å². The average Bonchev–Trinajstić information content (AvgIpc) is 1.93. The minimum atomic E-state index is -1.00. The molecule has 0 unspecified atom stereocenters. The topological polar surface area (TPSA) is 231 Å². The average molecular weight is 190 g/mol. The van der Waals surface area contributed by atoms with Crippen LogP contribution in [0.4, 0.5) is 0 Å². The van der Waals surface area contributed by atoms with Crippen molar-refractivity contribution in [1.29, 1.82) is 0 Å². The zero-order valence-corrected chi connectivity index (χ0v) is 5.73. The van der Waals surface area contributed by atoms with E-state index in [1.54, 1.807) is 0 Å². The van der Waals surface area contributed by atoms with E-state index in [0.717, 1.165) is 0 Å². The molecule has 76 valence electrons. The maximum absolute atomic E-state index is 8.58. The van der Waals surface area contributed by atoms with Gasteiger partial charge in [0.25, 0.3) is 0 Å². The Morgan fingerprint density at radius 3 is 0.833 bits per heavy atom. The Labute approximate surface area is 65.5 Å². The molecule has 12 heavy (non-hydrogen) atoms. The number of nitrogens with two attached hydrogens (primary N) is 4. The Hall–Kier alpha value is -1.76. The predicted molar refractivity (Wildman–Crippen MR) is 34.3 cm³/mol. The van der Waals surface area contributed by atoms with Crippen molar-refractivity contribution in [3.63, 3.8) is 0 Å². The van der Waals surface area contributed by atoms with Gasteiger partial charge in [0.2, 0.25) is 0 Å². The quantitative estimate of drug-likeness (QED) is 0.128. The van der Waals surface area contributed by atoms with Crippen LogP contribution in [-0.4, -0.2) is 20.5 Å². The van der Waals surface area contributed by atoms with E-state index in [2.05, 4.69) is 23.5 Å². The van der Waals surface area contributed by atoms with Crippen molar-refractivity contribution in [2.75, 3.05) is 0 Å². The van der Waals surface area contributed by atoms with E-state index >= 15 is 0 Å². The van der Waals surface area contributed by atoms with E-state index in [1.165, 1.54) is 0 Å². The van der Waals surface area contributed by atoms with Gasteiger partial charge in [-0.25, -0.2) is 32.0 Å². The van der Waals surface area contributed by atoms with Gasteiger partial charge in [-0.3, -0.25) is 0 Å². The third-order valence-corrected chi connectivity index (χ3v) is 0. The monoisotopic (exact) mass is 190 g/mol. The molecule has 0 heterocycles. The first-order valence-corrected chi connectivity index (χ1v) is 1.76. The van der Waals surface area contributed by atoms with E-state index in [4.69, 9.17) is 30.6 Å². The highest BCUT2D eigenvalue weighted by atomic mass is 16.7. The van der Waals surface area contributed by atoms with Crippen molar-refractivity contribution in [1.82, 2.24) is 0 Å². The van der Waals surface area contributed by atoms with Gasteiger partial charge < -0.3 is 10.4 Å². The summed E-state index contributed by atoms with van der Waals surface area (Å²) in [5.74, 6) is 14.7. The number of nitrogens with zero attached hydrogens (tertiary/aromatic N) is 2. The second-order valence-electron chi connectivity index (χ2n) is 0.571. The third-order valence-electron chi connectivity index (χ3n) is 0. The summed E-state index contributed by atoms with van der Waals surface area (Å²) in [7, 11) is 0. The van der Waals surface area contributed by atoms with E-state index in [0.29, 0.717) is 0 Å². The maximum atomic E-state index is 8.58. The summed E-state index contributed by atoms with van der Waals surface area (Å²) in [5, 5.41) is 28.2. The fourth-order valence-corrected chi connectivity index (χ4v) is 0. The highest BCUT2D eigenvalue weighted by Crippen LogP contribution is 1.29. The predicted octanol–water partition coefficient (Wildman–Crippen LogP) is -3.06. The fraction of sp³-hybridized carbons (Fsp3) is 0. The minimum absolute atomic E-state index is 1.00. The van der Waals surface area contributed by atoms with Gasteiger partial charge in [0.15, 0.2) is 10.1 Å². The molecule has 12 heteroatoms. The molecule has 0 aromatic carbocycles. The molecule has 0 radical (unpaired) electrons. The fourth-order valence-electron chi connectivity index (χ4n) is 0. The highest BCUT2D eigenvalue weighted by Gasteiger charge is 1.57. The van der Waals surface area contributed by atoms with Crippen molar-refractivity contribution in [2.45, 2.75) is 0 Å². The highest BCUT2D eigenvalue weighted by molar-refractivity contribution is 3.87. The summed E-state index contributed by atoms with van der Waals surface area (Å²) in [6, 6.07) is 0. The molecule has 0 bridgehead atoms. The van der Waals surface area contributed by atoms with E-state index < -0.39 is 10.1 Å². The molecule has 0 aromatic heterocycles. The van der Waals surface area contributed by atoms with E-state index in [1.807, 2.05) is 0 Å². The largest absolute Gasteiger partial charge is 0.320 e. The molecule has 0 amide bonds. The SMILES string of the molecule is NO.NO.N[N+](=O)[O-].N[N+](=O)[O-]. The molecule has 0 saturated carbocycles. The summed E-state index contributed by atoms with van der Waals surface area (Å²) in [6.45, 7) is 0. The second-order valence-corrected chi connectivity index (χ2v) is 0.571. The first-order chi connectivity index (χ1) is 5.46. The summed E-state index contributed by atoms with van der Waals surface area (Å²) in [5.41, 5.74) is 0. The van der Waals surface area contributed by atoms with Gasteiger partial charge in [-0.15, -0.1) is 0 Å². The summed E-state index contributed by atoms with van der Waals surface area (Å²) >= 11 is 0. The van der Waals surface area contributed by atoms with Gasteiger partial charge in [0.1, 0.15) is 0 Å². The molecule has 0 aliphatic heterocycles. The normalized spacial score (nSPS) is 5.00. The van der Waals surface area contributed by atoms with Gasteiger partial charge in [0, 0.05) is 0 Å². The first kappa shape index (κ1) is 22.5. The van der Waals surface area contributed by atoms with Crippen molar-refractivity contribution < 1.29 is 20.5 Å². The molecule has 0 aliphatic rings. The number of nitro groups is 2. The number of hydrogen-bond donors (Lipinski definition) is 6. The maximum Gasteiger partial charge on any atom is 0.154 e. The lowest BCUT2D eigenvalue weighted by Gasteiger charge is -1.61. The molecule has 0 spiro atoms. The van der Waals surface area contributed by atoms with Crippen LogP contribution in [0, 0.1) is 20.2 Å². The van der Waals surface area contributed by atoms with Crippen LogP contribution in [0.15, 0.2) is 0 Å². The third kappa shape index (κ3) is 139. The lowest BCUT2D eigenvalue weighted by atomic mass is 12.8. The van der Waals surface area contributed by atoms with Crippen LogP contribution < -0.4 is 23.5 Å². The van der Waals surface area contributed by atoms with Crippen LogP contribution in [0.1, 0.15) is 0 Å². The summed E-state index contributed by atoms with van der Waals surface area (Å²) < 4.78 is 0. The first-order valence-electron chi connectivity index (χ1n) is 1.76. The molecule has 0 aromatic rings. The van der Waals surface area contributed by atoms with E-state index in [-0.39, 0.29) is 0 Å². The summed E-state index contributed by atoms with van der Waals surface area (Å²) in [6.07, 6.45) is 0. The number of rotatable bonds is 0. The van der Waals surface area contributed by atoms with Crippen molar-refractivity contribution in [3.8, 4) is 0 Å². The van der Waals surface area contributed by atoms with E-state index in [9.17, 15) is 0 Å². The molecule has 0 saturated heterocycles. The molecule has 0 fully saturated rings. The Morgan fingerprint density at radius 2 is 0.833 bits per heavy atom. The van der Waals surface area contributed by atoms with Crippen LogP contribution >= 0.6 is 0 Å². The van der Waals surface area contributed by atoms with Gasteiger partial charge in [0.05, 0.1) is 0 Å². The van der Waals surface area contributed by atoms with Crippen LogP contribution in [0.3, 0.4) is 0 Å². The molecule has 12 nitrogen and oxygen atoms in total. The van der Waals surface area contributed by atoms with Gasteiger partial charge in [-0.1, -0.05) is 0 Å². The Kier molecular flexibility index (Phi) is 65.3. The summed E-state index contributed by atoms with van der Waals surface area (Å²) in [4.78, 5) is 17.2. The van der Waals surface area contributed by atoms with Crippen LogP contribution in [-0.2, 0) is 0 Å². The standard InChI is InChI=1S/2H2N2O2.2H3NO/c2*1-2(3)4;2*1-2/h2*1H2;2*2H,1H2. The van der Waals surface area contributed by atoms with Crippen molar-refractivity contribution >= 4 is 0 Å². The number of hydrogen-bond acceptors (Lipinski definition) is 8. The molecule has 10 N–H and O–H groups in total. The van der Waals surface area contributed by atoms with Crippen LogP contribution in [0.25, 0.3) is 0 Å². The smallest absolute Gasteiger partial charge is 0.154 e. The van der Waals surface area contributed by atoms with Crippen molar-refractivity contribution in [3.05, 3.63) is 20.2 Å². The zero-order chi connectivity index (χ0) is 11.2. The Balaban J connectivity index is -0.0000000380. The molecule has 0 rings (SSSR count). The molecule has 0 aliphatic carbocycles. The van der Waals surface area contributed by atoms with Gasteiger partial charge in [-0.2, -0.15) is 11.7 Å². The minimum Gasteiger partial charge on any atom is -0.320 e. The second kappa shape index (κ2) is 34.9. The Bertz CT molecular complexity index is 70.0. The van der Waals surface area contributed by atoms with Gasteiger partial charge in [-0.05, 0) is 0 Å². The zero-order valence-electron chi connectivity index (χ0n) is 5.73. The number of hydrazine groups is 2. The molecular formula is H10N6O6. The van der Waals surface area contributed by atoms with Crippen LogP contribution in [0.2, 0.25) is 0 Å². The molecule has 0 atom stereocenters. The van der Waals surface area contributed by atoms with Gasteiger partial charge >= 0.3 is 0 Å². The Morgan fingerprint density at radius 1 is 0.833 bits per heavy atom. The lowest BCUT2D eigenvalue weighted by Crippen LogP contribution is -2.04. The van der Waals surface area contributed by atoms with Crippen molar-refractivity contribution in [2.24, 2.45) is 23.5 Å². The lowest BCUT2D eigenvalue weighted by molar-refractivity contribution is -0.491.